The number of anilines is 1. The largest absolute Gasteiger partial charge is 0.349 e. The number of benzene rings is 3. The molecule has 0 spiro atoms. The van der Waals surface area contributed by atoms with Gasteiger partial charge in [0.1, 0.15) is 12.4 Å². The molecule has 0 saturated heterocycles. The van der Waals surface area contributed by atoms with Crippen LogP contribution in [0.4, 0.5) is 5.82 Å². The zero-order valence-corrected chi connectivity index (χ0v) is 24.3. The second-order valence-corrected chi connectivity index (χ2v) is 11.4. The Bertz CT molecular complexity index is 1720. The first-order chi connectivity index (χ1) is 20.5. The van der Waals surface area contributed by atoms with Crippen molar-refractivity contribution >= 4 is 29.4 Å². The van der Waals surface area contributed by atoms with Crippen LogP contribution in [-0.4, -0.2) is 38.9 Å². The predicted octanol–water partition coefficient (Wildman–Crippen LogP) is 6.04. The molecule has 3 heterocycles. The molecule has 0 unspecified atom stereocenters. The van der Waals surface area contributed by atoms with Crippen LogP contribution in [0.15, 0.2) is 103 Å². The molecular formula is C34H31N5O2S. The first-order valence-electron chi connectivity index (χ1n) is 13.9. The number of thioether (sulfide) groups is 1. The molecule has 0 saturated carbocycles. The third kappa shape index (κ3) is 5.58. The Hall–Kier alpha value is -4.69. The van der Waals surface area contributed by atoms with Gasteiger partial charge in [0.2, 0.25) is 11.8 Å². The van der Waals surface area contributed by atoms with Crippen molar-refractivity contribution in [3.8, 4) is 16.9 Å². The van der Waals surface area contributed by atoms with Crippen LogP contribution in [-0.2, 0) is 16.1 Å². The summed E-state index contributed by atoms with van der Waals surface area (Å²) in [6.45, 7) is 4.28. The van der Waals surface area contributed by atoms with Crippen molar-refractivity contribution in [2.45, 2.75) is 25.6 Å². The van der Waals surface area contributed by atoms with Crippen LogP contribution in [0, 0.1) is 13.8 Å². The molecule has 2 aromatic heterocycles. The van der Waals surface area contributed by atoms with Gasteiger partial charge in [0.25, 0.3) is 0 Å². The van der Waals surface area contributed by atoms with Crippen LogP contribution in [0.3, 0.4) is 0 Å². The minimum atomic E-state index is -0.266. The van der Waals surface area contributed by atoms with Gasteiger partial charge in [-0.1, -0.05) is 78.4 Å². The molecule has 3 aromatic carbocycles. The topological polar surface area (TPSA) is 80.1 Å². The summed E-state index contributed by atoms with van der Waals surface area (Å²) in [6.07, 6.45) is 1.69. The third-order valence-corrected chi connectivity index (χ3v) is 8.62. The SMILES string of the molecule is Cc1ccc(-n2nc(-c3ccccc3)c3c2N(CC(=O)NCc2ccccn2)C(=O)CS[C@@H]3c2ccccc2C)cc1. The van der Waals surface area contributed by atoms with Crippen LogP contribution < -0.4 is 10.2 Å². The summed E-state index contributed by atoms with van der Waals surface area (Å²) < 4.78 is 1.83. The molecule has 1 N–H and O–H groups in total. The van der Waals surface area contributed by atoms with E-state index in [1.54, 1.807) is 22.9 Å². The van der Waals surface area contributed by atoms with Gasteiger partial charge in [-0.15, -0.1) is 11.8 Å². The van der Waals surface area contributed by atoms with Gasteiger partial charge in [0.05, 0.1) is 34.6 Å². The fraction of sp³-hybridized carbons (Fsp3) is 0.176. The maximum absolute atomic E-state index is 13.9. The Balaban J connectivity index is 1.52. The molecule has 0 aliphatic carbocycles. The lowest BCUT2D eigenvalue weighted by Crippen LogP contribution is -2.42. The van der Waals surface area contributed by atoms with Crippen molar-refractivity contribution in [3.05, 3.63) is 131 Å². The summed E-state index contributed by atoms with van der Waals surface area (Å²) in [5, 5.41) is 7.94. The van der Waals surface area contributed by atoms with E-state index in [2.05, 4.69) is 29.4 Å². The van der Waals surface area contributed by atoms with Crippen molar-refractivity contribution < 1.29 is 9.59 Å². The van der Waals surface area contributed by atoms with E-state index in [1.807, 2.05) is 96.5 Å². The van der Waals surface area contributed by atoms with Crippen LogP contribution in [0.2, 0.25) is 0 Å². The summed E-state index contributed by atoms with van der Waals surface area (Å²) in [7, 11) is 0. The quantitative estimate of drug-likeness (QED) is 0.257. The van der Waals surface area contributed by atoms with Gasteiger partial charge in [-0.05, 0) is 49.2 Å². The predicted molar refractivity (Wildman–Crippen MR) is 168 cm³/mol. The summed E-state index contributed by atoms with van der Waals surface area (Å²) >= 11 is 1.58. The average Bonchev–Trinajstić information content (AvgIpc) is 3.34. The molecule has 0 radical (unpaired) electrons. The Morgan fingerprint density at radius 1 is 0.929 bits per heavy atom. The minimum absolute atomic E-state index is 0.133. The number of hydrogen-bond acceptors (Lipinski definition) is 5. The van der Waals surface area contributed by atoms with E-state index >= 15 is 0 Å². The lowest BCUT2D eigenvalue weighted by atomic mass is 9.97. The van der Waals surface area contributed by atoms with Gasteiger partial charge in [0.15, 0.2) is 0 Å². The van der Waals surface area contributed by atoms with Crippen LogP contribution in [0.1, 0.15) is 33.2 Å². The Morgan fingerprint density at radius 3 is 2.40 bits per heavy atom. The highest BCUT2D eigenvalue weighted by molar-refractivity contribution is 8.00. The van der Waals surface area contributed by atoms with E-state index in [-0.39, 0.29) is 35.9 Å². The molecule has 2 amide bonds. The van der Waals surface area contributed by atoms with E-state index in [9.17, 15) is 9.59 Å². The van der Waals surface area contributed by atoms with Gasteiger partial charge < -0.3 is 5.32 Å². The molecule has 42 heavy (non-hydrogen) atoms. The molecule has 8 heteroatoms. The average molecular weight is 574 g/mol. The van der Waals surface area contributed by atoms with E-state index in [0.29, 0.717) is 5.82 Å². The Kier molecular flexibility index (Phi) is 7.88. The highest BCUT2D eigenvalue weighted by Gasteiger charge is 2.38. The monoisotopic (exact) mass is 573 g/mol. The number of nitrogens with one attached hydrogen (secondary N) is 1. The van der Waals surface area contributed by atoms with Gasteiger partial charge in [0, 0.05) is 17.3 Å². The zero-order chi connectivity index (χ0) is 29.1. The summed E-state index contributed by atoms with van der Waals surface area (Å²) in [5.74, 6) is 0.438. The number of aryl methyl sites for hydroxylation is 2. The van der Waals surface area contributed by atoms with Crippen LogP contribution in [0.25, 0.3) is 16.9 Å². The van der Waals surface area contributed by atoms with Crippen molar-refractivity contribution in [2.75, 3.05) is 17.2 Å². The lowest BCUT2D eigenvalue weighted by Gasteiger charge is -2.23. The number of hydrogen-bond donors (Lipinski definition) is 1. The maximum Gasteiger partial charge on any atom is 0.240 e. The molecule has 0 bridgehead atoms. The van der Waals surface area contributed by atoms with Crippen molar-refractivity contribution in [2.24, 2.45) is 0 Å². The molecule has 1 atom stereocenters. The van der Waals surface area contributed by atoms with Crippen molar-refractivity contribution in [3.63, 3.8) is 0 Å². The molecule has 6 rings (SSSR count). The fourth-order valence-electron chi connectivity index (χ4n) is 5.21. The van der Waals surface area contributed by atoms with Gasteiger partial charge in [-0.25, -0.2) is 4.68 Å². The van der Waals surface area contributed by atoms with Gasteiger partial charge in [-0.2, -0.15) is 5.10 Å². The second-order valence-electron chi connectivity index (χ2n) is 10.3. The smallest absolute Gasteiger partial charge is 0.240 e. The van der Waals surface area contributed by atoms with Gasteiger partial charge >= 0.3 is 0 Å². The number of aromatic nitrogens is 3. The number of amides is 2. The van der Waals surface area contributed by atoms with Crippen LogP contribution in [0.5, 0.6) is 0 Å². The molecular weight excluding hydrogens is 542 g/mol. The normalized spacial score (nSPS) is 14.8. The zero-order valence-electron chi connectivity index (χ0n) is 23.5. The van der Waals surface area contributed by atoms with E-state index < -0.39 is 0 Å². The number of carbonyl (C=O) groups excluding carboxylic acids is 2. The second kappa shape index (κ2) is 12.0. The molecule has 5 aromatic rings. The number of fused-ring (bicyclic) bond motifs is 1. The fourth-order valence-corrected chi connectivity index (χ4v) is 6.51. The van der Waals surface area contributed by atoms with E-state index in [1.165, 1.54) is 0 Å². The van der Waals surface area contributed by atoms with E-state index in [0.717, 1.165) is 44.9 Å². The Labute approximate surface area is 249 Å². The minimum Gasteiger partial charge on any atom is -0.349 e. The van der Waals surface area contributed by atoms with E-state index in [4.69, 9.17) is 5.10 Å². The number of carbonyl (C=O) groups is 2. The van der Waals surface area contributed by atoms with Crippen LogP contribution >= 0.6 is 11.8 Å². The first kappa shape index (κ1) is 27.5. The third-order valence-electron chi connectivity index (χ3n) is 7.38. The number of nitrogens with zero attached hydrogens (tertiary/aromatic N) is 4. The molecule has 1 aliphatic heterocycles. The highest BCUT2D eigenvalue weighted by Crippen LogP contribution is 2.49. The summed E-state index contributed by atoms with van der Waals surface area (Å²) in [6, 6.07) is 32.0. The summed E-state index contributed by atoms with van der Waals surface area (Å²) in [5.41, 5.74) is 7.62. The highest BCUT2D eigenvalue weighted by atomic mass is 32.2. The maximum atomic E-state index is 13.9. The number of rotatable bonds is 7. The standard InChI is InChI=1S/C34H31N5O2S/c1-23-15-17-27(18-16-23)39-34-31(32(37-39)25-11-4-3-5-12-25)33(28-14-7-6-10-24(28)2)42-22-30(41)38(34)21-29(40)36-20-26-13-8-9-19-35-26/h3-19,33H,20-22H2,1-2H3,(H,36,40)/t33-/m1/s1. The Morgan fingerprint density at radius 2 is 1.67 bits per heavy atom. The molecule has 0 fully saturated rings. The molecule has 210 valence electrons. The lowest BCUT2D eigenvalue weighted by molar-refractivity contribution is -0.123. The van der Waals surface area contributed by atoms with Gasteiger partial charge in [-0.3, -0.25) is 19.5 Å². The first-order valence-corrected chi connectivity index (χ1v) is 14.9. The van der Waals surface area contributed by atoms with Crippen molar-refractivity contribution in [1.82, 2.24) is 20.1 Å². The molecule has 7 nitrogen and oxygen atoms in total. The van der Waals surface area contributed by atoms with Crippen molar-refractivity contribution in [1.29, 1.82) is 0 Å². The molecule has 1 aliphatic rings. The summed E-state index contributed by atoms with van der Waals surface area (Å²) in [4.78, 5) is 33.2. The number of pyridine rings is 1.